The van der Waals surface area contributed by atoms with Crippen molar-refractivity contribution in [3.05, 3.63) is 57.7 Å². The molecule has 1 aromatic heterocycles. The molecule has 120 valence electrons. The van der Waals surface area contributed by atoms with E-state index in [0.29, 0.717) is 15.6 Å². The first kappa shape index (κ1) is 15.8. The summed E-state index contributed by atoms with van der Waals surface area (Å²) >= 11 is 11.9. The van der Waals surface area contributed by atoms with E-state index in [1.165, 1.54) is 18.3 Å². The van der Waals surface area contributed by atoms with Crippen molar-refractivity contribution < 1.29 is 18.7 Å². The molecule has 23 heavy (non-hydrogen) atoms. The zero-order valence-corrected chi connectivity index (χ0v) is 13.2. The SMILES string of the molecule is O=C(NCc1cccc(Cl)c1Cl)OC1(F)COc2ncccc21. The second kappa shape index (κ2) is 6.22. The maximum atomic E-state index is 14.7. The second-order valence-corrected chi connectivity index (χ2v) is 5.61. The first-order valence-corrected chi connectivity index (χ1v) is 7.42. The van der Waals surface area contributed by atoms with Crippen LogP contribution in [-0.2, 0) is 17.1 Å². The normalized spacial score (nSPS) is 18.9. The van der Waals surface area contributed by atoms with Gasteiger partial charge in [-0.1, -0.05) is 35.3 Å². The predicted molar refractivity (Wildman–Crippen MR) is 82.3 cm³/mol. The fourth-order valence-electron chi connectivity index (χ4n) is 2.15. The lowest BCUT2D eigenvalue weighted by Gasteiger charge is -2.19. The minimum absolute atomic E-state index is 0.0507. The number of fused-ring (bicyclic) bond motifs is 1. The van der Waals surface area contributed by atoms with E-state index in [-0.39, 0.29) is 18.0 Å². The Labute approximate surface area is 141 Å². The van der Waals surface area contributed by atoms with Gasteiger partial charge in [0.1, 0.15) is 0 Å². The van der Waals surface area contributed by atoms with Crippen LogP contribution in [0.25, 0.3) is 0 Å². The standard InChI is InChI=1S/C15H11Cl2FN2O3/c16-11-5-1-3-9(12(11)17)7-20-14(21)23-15(18)8-22-13-10(15)4-2-6-19-13/h1-6H,7-8H2,(H,20,21). The van der Waals surface area contributed by atoms with Crippen molar-refractivity contribution in [1.82, 2.24) is 10.3 Å². The summed E-state index contributed by atoms with van der Waals surface area (Å²) < 4.78 is 24.7. The first-order valence-electron chi connectivity index (χ1n) is 6.66. The Morgan fingerprint density at radius 1 is 1.39 bits per heavy atom. The molecule has 0 radical (unpaired) electrons. The molecule has 0 spiro atoms. The van der Waals surface area contributed by atoms with Gasteiger partial charge < -0.3 is 14.8 Å². The Morgan fingerprint density at radius 2 is 2.22 bits per heavy atom. The van der Waals surface area contributed by atoms with Crippen LogP contribution < -0.4 is 10.1 Å². The highest BCUT2D eigenvalue weighted by Crippen LogP contribution is 2.39. The number of amides is 1. The molecule has 0 aliphatic carbocycles. The molecule has 1 amide bonds. The van der Waals surface area contributed by atoms with Gasteiger partial charge in [-0.2, -0.15) is 4.39 Å². The van der Waals surface area contributed by atoms with Crippen molar-refractivity contribution in [2.45, 2.75) is 12.4 Å². The lowest BCUT2D eigenvalue weighted by Crippen LogP contribution is -2.35. The number of nitrogens with zero attached hydrogens (tertiary/aromatic N) is 1. The molecule has 2 heterocycles. The number of benzene rings is 1. The van der Waals surface area contributed by atoms with Crippen LogP contribution in [0.1, 0.15) is 11.1 Å². The molecule has 2 aromatic rings. The Kier molecular flexibility index (Phi) is 4.28. The molecular formula is C15H11Cl2FN2O3. The van der Waals surface area contributed by atoms with Gasteiger partial charge in [0.15, 0.2) is 6.61 Å². The third kappa shape index (κ3) is 3.18. The monoisotopic (exact) mass is 356 g/mol. The fourth-order valence-corrected chi connectivity index (χ4v) is 2.54. The van der Waals surface area contributed by atoms with Crippen LogP contribution in [0.4, 0.5) is 9.18 Å². The lowest BCUT2D eigenvalue weighted by molar-refractivity contribution is -0.110. The Balaban J connectivity index is 1.65. The summed E-state index contributed by atoms with van der Waals surface area (Å²) in [5.41, 5.74) is 0.671. The van der Waals surface area contributed by atoms with Crippen molar-refractivity contribution in [1.29, 1.82) is 0 Å². The molecule has 8 heteroatoms. The highest BCUT2D eigenvalue weighted by Gasteiger charge is 2.46. The lowest BCUT2D eigenvalue weighted by atomic mass is 10.1. The van der Waals surface area contributed by atoms with Gasteiger partial charge in [-0.05, 0) is 23.8 Å². The topological polar surface area (TPSA) is 60.5 Å². The number of carbonyl (C=O) groups excluding carboxylic acids is 1. The number of halogens is 3. The molecule has 1 aromatic carbocycles. The summed E-state index contributed by atoms with van der Waals surface area (Å²) in [6.45, 7) is -0.389. The zero-order chi connectivity index (χ0) is 16.4. The van der Waals surface area contributed by atoms with E-state index in [1.54, 1.807) is 18.2 Å². The molecule has 0 saturated carbocycles. The van der Waals surface area contributed by atoms with Crippen LogP contribution in [-0.4, -0.2) is 17.7 Å². The van der Waals surface area contributed by atoms with Gasteiger partial charge in [0.2, 0.25) is 5.88 Å². The maximum absolute atomic E-state index is 14.7. The maximum Gasteiger partial charge on any atom is 0.410 e. The highest BCUT2D eigenvalue weighted by atomic mass is 35.5. The van der Waals surface area contributed by atoms with E-state index in [2.05, 4.69) is 10.3 Å². The molecule has 0 bridgehead atoms. The number of alkyl carbamates (subject to hydrolysis) is 1. The van der Waals surface area contributed by atoms with Gasteiger partial charge in [-0.3, -0.25) is 0 Å². The van der Waals surface area contributed by atoms with Crippen molar-refractivity contribution in [3.8, 4) is 5.88 Å². The second-order valence-electron chi connectivity index (χ2n) is 4.83. The Bertz CT molecular complexity index is 759. The summed E-state index contributed by atoms with van der Waals surface area (Å²) in [7, 11) is 0. The van der Waals surface area contributed by atoms with E-state index in [4.69, 9.17) is 32.7 Å². The van der Waals surface area contributed by atoms with Gasteiger partial charge in [-0.15, -0.1) is 0 Å². The zero-order valence-electron chi connectivity index (χ0n) is 11.7. The summed E-state index contributed by atoms with van der Waals surface area (Å²) in [5, 5.41) is 3.12. The molecule has 5 nitrogen and oxygen atoms in total. The van der Waals surface area contributed by atoms with E-state index in [9.17, 15) is 9.18 Å². The minimum Gasteiger partial charge on any atom is -0.470 e. The number of rotatable bonds is 3. The van der Waals surface area contributed by atoms with E-state index < -0.39 is 18.6 Å². The predicted octanol–water partition coefficient (Wildman–Crippen LogP) is 3.83. The van der Waals surface area contributed by atoms with Gasteiger partial charge in [0.05, 0.1) is 15.6 Å². The third-order valence-electron chi connectivity index (χ3n) is 3.28. The van der Waals surface area contributed by atoms with Crippen LogP contribution in [0, 0.1) is 0 Å². The molecule has 0 fully saturated rings. The van der Waals surface area contributed by atoms with E-state index in [1.807, 2.05) is 0 Å². The number of alkyl halides is 1. The Morgan fingerprint density at radius 3 is 3.04 bits per heavy atom. The molecule has 1 aliphatic heterocycles. The van der Waals surface area contributed by atoms with Crippen molar-refractivity contribution in [2.24, 2.45) is 0 Å². The molecule has 1 atom stereocenters. The number of hydrogen-bond acceptors (Lipinski definition) is 4. The van der Waals surface area contributed by atoms with Gasteiger partial charge in [0.25, 0.3) is 0 Å². The fraction of sp³-hybridized carbons (Fsp3) is 0.200. The van der Waals surface area contributed by atoms with E-state index in [0.717, 1.165) is 0 Å². The number of nitrogens with one attached hydrogen (secondary N) is 1. The summed E-state index contributed by atoms with van der Waals surface area (Å²) in [5.74, 6) is -2.26. The highest BCUT2D eigenvalue weighted by molar-refractivity contribution is 6.42. The molecular weight excluding hydrogens is 346 g/mol. The third-order valence-corrected chi connectivity index (χ3v) is 4.14. The Hall–Kier alpha value is -2.05. The van der Waals surface area contributed by atoms with Crippen molar-refractivity contribution in [3.63, 3.8) is 0 Å². The number of ether oxygens (including phenoxy) is 2. The summed E-state index contributed by atoms with van der Waals surface area (Å²) in [4.78, 5) is 15.7. The molecule has 0 saturated heterocycles. The van der Waals surface area contributed by atoms with Crippen LogP contribution in [0.5, 0.6) is 5.88 Å². The smallest absolute Gasteiger partial charge is 0.410 e. The largest absolute Gasteiger partial charge is 0.470 e. The minimum atomic E-state index is -2.37. The summed E-state index contributed by atoms with van der Waals surface area (Å²) in [6, 6.07) is 8.00. The van der Waals surface area contributed by atoms with Crippen molar-refractivity contribution in [2.75, 3.05) is 6.61 Å². The van der Waals surface area contributed by atoms with Crippen LogP contribution in [0.3, 0.4) is 0 Å². The van der Waals surface area contributed by atoms with Crippen LogP contribution >= 0.6 is 23.2 Å². The number of aromatic nitrogens is 1. The van der Waals surface area contributed by atoms with E-state index >= 15 is 0 Å². The molecule has 1 N–H and O–H groups in total. The van der Waals surface area contributed by atoms with Crippen LogP contribution in [0.15, 0.2) is 36.5 Å². The average Bonchev–Trinajstić information content (AvgIpc) is 2.86. The molecule has 3 rings (SSSR count). The first-order chi connectivity index (χ1) is 11.0. The van der Waals surface area contributed by atoms with Gasteiger partial charge in [0, 0.05) is 12.7 Å². The number of pyridine rings is 1. The van der Waals surface area contributed by atoms with Crippen LogP contribution in [0.2, 0.25) is 10.0 Å². The molecule has 1 aliphatic rings. The summed E-state index contributed by atoms with van der Waals surface area (Å²) in [6.07, 6.45) is 0.523. The average molecular weight is 357 g/mol. The number of hydrogen-bond donors (Lipinski definition) is 1. The van der Waals surface area contributed by atoms with Crippen molar-refractivity contribution >= 4 is 29.3 Å². The number of carbonyl (C=O) groups is 1. The molecule has 1 unspecified atom stereocenters. The quantitative estimate of drug-likeness (QED) is 0.907. The van der Waals surface area contributed by atoms with Gasteiger partial charge in [-0.25, -0.2) is 9.78 Å². The van der Waals surface area contributed by atoms with Gasteiger partial charge >= 0.3 is 11.9 Å².